The maximum absolute atomic E-state index is 13.9. The first-order valence-electron chi connectivity index (χ1n) is 7.77. The van der Waals surface area contributed by atoms with Gasteiger partial charge in [0.25, 0.3) is 0 Å². The summed E-state index contributed by atoms with van der Waals surface area (Å²) in [4.78, 5) is 14.2. The molecule has 0 aliphatic carbocycles. The molecule has 2 aromatic carbocycles. The number of nitro benzene ring substituents is 1. The molecule has 3 rings (SSSR count). The van der Waals surface area contributed by atoms with Crippen molar-refractivity contribution in [1.29, 1.82) is 0 Å². The molecular weight excluding hydrogens is 332 g/mol. The van der Waals surface area contributed by atoms with Gasteiger partial charge in [0.1, 0.15) is 5.69 Å². The van der Waals surface area contributed by atoms with Crippen molar-refractivity contribution in [1.82, 2.24) is 0 Å². The lowest BCUT2D eigenvalue weighted by atomic mass is 10.2. The summed E-state index contributed by atoms with van der Waals surface area (Å²) in [6, 6.07) is 8.82. The van der Waals surface area contributed by atoms with Crippen LogP contribution in [0.25, 0.3) is 0 Å². The maximum atomic E-state index is 13.9. The Labute approximate surface area is 143 Å². The van der Waals surface area contributed by atoms with Crippen molar-refractivity contribution in [2.24, 2.45) is 0 Å². The predicted octanol–water partition coefficient (Wildman–Crippen LogP) is 3.21. The van der Waals surface area contributed by atoms with Gasteiger partial charge in [-0.1, -0.05) is 6.07 Å². The number of hydrogen-bond donors (Lipinski definition) is 0. The SMILES string of the molecule is COc1ccc(N2CCN(c3cccc(F)c3[N+](=O)[O-])CC2)cc1F. The van der Waals surface area contributed by atoms with Crippen LogP contribution >= 0.6 is 0 Å². The van der Waals surface area contributed by atoms with E-state index >= 15 is 0 Å². The van der Waals surface area contributed by atoms with Gasteiger partial charge in [-0.2, -0.15) is 4.39 Å². The van der Waals surface area contributed by atoms with Crippen LogP contribution in [0.1, 0.15) is 0 Å². The van der Waals surface area contributed by atoms with Gasteiger partial charge in [-0.25, -0.2) is 4.39 Å². The second-order valence-corrected chi connectivity index (χ2v) is 5.66. The molecule has 0 bridgehead atoms. The second-order valence-electron chi connectivity index (χ2n) is 5.66. The third kappa shape index (κ3) is 3.33. The largest absolute Gasteiger partial charge is 0.494 e. The van der Waals surface area contributed by atoms with Crippen LogP contribution in [0.15, 0.2) is 36.4 Å². The normalized spacial score (nSPS) is 14.5. The number of methoxy groups -OCH3 is 1. The fourth-order valence-electron chi connectivity index (χ4n) is 3.00. The molecule has 1 heterocycles. The number of para-hydroxylation sites is 1. The summed E-state index contributed by atoms with van der Waals surface area (Å²) in [5, 5.41) is 11.1. The number of nitro groups is 1. The lowest BCUT2D eigenvalue weighted by molar-refractivity contribution is -0.386. The van der Waals surface area contributed by atoms with E-state index in [1.807, 2.05) is 4.90 Å². The van der Waals surface area contributed by atoms with Crippen LogP contribution < -0.4 is 14.5 Å². The van der Waals surface area contributed by atoms with Crippen LogP contribution in [0.3, 0.4) is 0 Å². The minimum absolute atomic E-state index is 0.178. The highest BCUT2D eigenvalue weighted by molar-refractivity contribution is 5.65. The first-order chi connectivity index (χ1) is 12.0. The molecule has 2 aromatic rings. The Morgan fingerprint density at radius 1 is 1.04 bits per heavy atom. The minimum atomic E-state index is -0.845. The number of anilines is 2. The predicted molar refractivity (Wildman–Crippen MR) is 90.4 cm³/mol. The smallest absolute Gasteiger partial charge is 0.327 e. The number of rotatable bonds is 4. The fraction of sp³-hybridized carbons (Fsp3) is 0.294. The zero-order chi connectivity index (χ0) is 18.0. The average Bonchev–Trinajstić information content (AvgIpc) is 2.61. The fourth-order valence-corrected chi connectivity index (χ4v) is 3.00. The lowest BCUT2D eigenvalue weighted by Gasteiger charge is -2.37. The summed E-state index contributed by atoms with van der Waals surface area (Å²) < 4.78 is 32.5. The molecule has 0 radical (unpaired) electrons. The molecule has 1 fully saturated rings. The van der Waals surface area contributed by atoms with Crippen molar-refractivity contribution in [3.8, 4) is 5.75 Å². The highest BCUT2D eigenvalue weighted by atomic mass is 19.1. The van der Waals surface area contributed by atoms with E-state index in [1.54, 1.807) is 23.1 Å². The van der Waals surface area contributed by atoms with E-state index in [2.05, 4.69) is 0 Å². The quantitative estimate of drug-likeness (QED) is 0.627. The molecule has 0 atom stereocenters. The van der Waals surface area contributed by atoms with Crippen molar-refractivity contribution in [2.75, 3.05) is 43.1 Å². The summed E-state index contributed by atoms with van der Waals surface area (Å²) in [5.41, 5.74) is 0.476. The van der Waals surface area contributed by atoms with Crippen molar-refractivity contribution < 1.29 is 18.4 Å². The Bertz CT molecular complexity index is 793. The van der Waals surface area contributed by atoms with E-state index in [0.717, 1.165) is 6.07 Å². The highest BCUT2D eigenvalue weighted by Crippen LogP contribution is 2.32. The number of halogens is 2. The maximum Gasteiger partial charge on any atom is 0.327 e. The molecule has 0 N–H and O–H groups in total. The molecule has 0 unspecified atom stereocenters. The van der Waals surface area contributed by atoms with E-state index in [9.17, 15) is 18.9 Å². The van der Waals surface area contributed by atoms with Gasteiger partial charge in [-0.3, -0.25) is 10.1 Å². The topological polar surface area (TPSA) is 58.8 Å². The zero-order valence-electron chi connectivity index (χ0n) is 13.6. The van der Waals surface area contributed by atoms with Gasteiger partial charge in [0, 0.05) is 37.9 Å². The summed E-state index contributed by atoms with van der Waals surface area (Å²) >= 11 is 0. The second kappa shape index (κ2) is 6.92. The molecule has 0 saturated carbocycles. The summed E-state index contributed by atoms with van der Waals surface area (Å²) in [5.74, 6) is -1.11. The van der Waals surface area contributed by atoms with Crippen LogP contribution in [0.4, 0.5) is 25.8 Å². The van der Waals surface area contributed by atoms with Gasteiger partial charge in [-0.15, -0.1) is 0 Å². The third-order valence-electron chi connectivity index (χ3n) is 4.27. The van der Waals surface area contributed by atoms with Crippen LogP contribution in [0.2, 0.25) is 0 Å². The molecule has 0 aromatic heterocycles. The monoisotopic (exact) mass is 349 g/mol. The number of hydrogen-bond acceptors (Lipinski definition) is 5. The van der Waals surface area contributed by atoms with Gasteiger partial charge in [-0.05, 0) is 24.3 Å². The third-order valence-corrected chi connectivity index (χ3v) is 4.27. The molecule has 1 saturated heterocycles. The van der Waals surface area contributed by atoms with Gasteiger partial charge in [0.2, 0.25) is 5.82 Å². The summed E-state index contributed by atoms with van der Waals surface area (Å²) in [6.45, 7) is 2.02. The number of nitrogens with zero attached hydrogens (tertiary/aromatic N) is 3. The average molecular weight is 349 g/mol. The van der Waals surface area contributed by atoms with Gasteiger partial charge in [0.05, 0.1) is 12.0 Å². The van der Waals surface area contributed by atoms with Crippen molar-refractivity contribution >= 4 is 17.1 Å². The van der Waals surface area contributed by atoms with E-state index in [4.69, 9.17) is 4.74 Å². The lowest BCUT2D eigenvalue weighted by Crippen LogP contribution is -2.46. The molecular formula is C17H17F2N3O3. The van der Waals surface area contributed by atoms with Crippen LogP contribution in [0, 0.1) is 21.7 Å². The van der Waals surface area contributed by atoms with Crippen LogP contribution in [-0.2, 0) is 0 Å². The van der Waals surface area contributed by atoms with Crippen molar-refractivity contribution in [2.45, 2.75) is 0 Å². The molecule has 1 aliphatic rings. The molecule has 0 spiro atoms. The molecule has 6 nitrogen and oxygen atoms in total. The Balaban J connectivity index is 1.76. The molecule has 0 amide bonds. The molecule has 8 heteroatoms. The first-order valence-corrected chi connectivity index (χ1v) is 7.77. The Morgan fingerprint density at radius 3 is 2.32 bits per heavy atom. The first kappa shape index (κ1) is 16.9. The van der Waals surface area contributed by atoms with E-state index < -0.39 is 22.2 Å². The number of piperazine rings is 1. The summed E-state index contributed by atoms with van der Waals surface area (Å²) in [7, 11) is 1.41. The van der Waals surface area contributed by atoms with Crippen LogP contribution in [-0.4, -0.2) is 38.2 Å². The Kier molecular flexibility index (Phi) is 4.69. The number of ether oxygens (including phenoxy) is 1. The van der Waals surface area contributed by atoms with E-state index in [-0.39, 0.29) is 11.4 Å². The van der Waals surface area contributed by atoms with Gasteiger partial charge < -0.3 is 14.5 Å². The molecule has 132 valence electrons. The standard InChI is InChI=1S/C17H17F2N3O3/c1-25-16-6-5-12(11-14(16)19)20-7-9-21(10-8-20)15-4-2-3-13(18)17(15)22(23)24/h2-6,11H,7-10H2,1H3. The Hall–Kier alpha value is -2.90. The van der Waals surface area contributed by atoms with Crippen molar-refractivity contribution in [3.63, 3.8) is 0 Å². The van der Waals surface area contributed by atoms with Gasteiger partial charge in [0.15, 0.2) is 11.6 Å². The molecule has 1 aliphatic heterocycles. The van der Waals surface area contributed by atoms with Crippen LogP contribution in [0.5, 0.6) is 5.75 Å². The minimum Gasteiger partial charge on any atom is -0.494 e. The number of benzene rings is 2. The van der Waals surface area contributed by atoms with Gasteiger partial charge >= 0.3 is 5.69 Å². The summed E-state index contributed by atoms with van der Waals surface area (Å²) in [6.07, 6.45) is 0. The van der Waals surface area contributed by atoms with E-state index in [0.29, 0.717) is 31.9 Å². The zero-order valence-corrected chi connectivity index (χ0v) is 13.6. The highest BCUT2D eigenvalue weighted by Gasteiger charge is 2.27. The Morgan fingerprint density at radius 2 is 1.72 bits per heavy atom. The van der Waals surface area contributed by atoms with E-state index in [1.165, 1.54) is 19.2 Å². The van der Waals surface area contributed by atoms with Crippen molar-refractivity contribution in [3.05, 3.63) is 58.1 Å². The molecule has 25 heavy (non-hydrogen) atoms.